The summed E-state index contributed by atoms with van der Waals surface area (Å²) in [6.45, 7) is 5.80. The molecule has 1 rings (SSSR count). The van der Waals surface area contributed by atoms with Crippen molar-refractivity contribution >= 4 is 15.7 Å². The monoisotopic (exact) mass is 312 g/mol. The van der Waals surface area contributed by atoms with Crippen LogP contribution < -0.4 is 5.73 Å². The Morgan fingerprint density at radius 3 is 2.52 bits per heavy atom. The van der Waals surface area contributed by atoms with Gasteiger partial charge in [-0.3, -0.25) is 4.79 Å². The fourth-order valence-corrected chi connectivity index (χ4v) is 2.71. The van der Waals surface area contributed by atoms with Crippen molar-refractivity contribution in [1.29, 1.82) is 0 Å². The zero-order valence-electron chi connectivity index (χ0n) is 12.9. The van der Waals surface area contributed by atoms with Gasteiger partial charge < -0.3 is 10.6 Å². The second-order valence-corrected chi connectivity index (χ2v) is 7.60. The van der Waals surface area contributed by atoms with Gasteiger partial charge in [-0.25, -0.2) is 8.42 Å². The number of benzene rings is 1. The van der Waals surface area contributed by atoms with E-state index in [1.54, 1.807) is 17.0 Å². The molecule has 0 saturated heterocycles. The molecule has 0 aromatic heterocycles. The molecule has 0 saturated carbocycles. The fraction of sp³-hybridized carbons (Fsp3) is 0.533. The van der Waals surface area contributed by atoms with Crippen LogP contribution in [0.1, 0.15) is 30.6 Å². The van der Waals surface area contributed by atoms with E-state index in [0.29, 0.717) is 31.1 Å². The SMILES string of the molecule is CC(C)CN(CCCN)C(=O)c1cccc(S(C)(=O)=O)c1. The topological polar surface area (TPSA) is 80.5 Å². The van der Waals surface area contributed by atoms with Crippen LogP contribution in [-0.4, -0.2) is 45.1 Å². The summed E-state index contributed by atoms with van der Waals surface area (Å²) in [4.78, 5) is 14.5. The minimum Gasteiger partial charge on any atom is -0.338 e. The normalized spacial score (nSPS) is 11.7. The van der Waals surface area contributed by atoms with E-state index in [1.807, 2.05) is 13.8 Å². The van der Waals surface area contributed by atoms with Gasteiger partial charge in [0.15, 0.2) is 9.84 Å². The van der Waals surface area contributed by atoms with E-state index in [0.717, 1.165) is 12.7 Å². The van der Waals surface area contributed by atoms with Crippen molar-refractivity contribution in [3.05, 3.63) is 29.8 Å². The summed E-state index contributed by atoms with van der Waals surface area (Å²) in [7, 11) is -3.32. The van der Waals surface area contributed by atoms with Crippen LogP contribution in [0.4, 0.5) is 0 Å². The molecular formula is C15H24N2O3S. The van der Waals surface area contributed by atoms with E-state index < -0.39 is 9.84 Å². The number of nitrogens with zero attached hydrogens (tertiary/aromatic N) is 1. The number of sulfone groups is 1. The molecule has 0 unspecified atom stereocenters. The standard InChI is InChI=1S/C15H24N2O3S/c1-12(2)11-17(9-5-8-16)15(18)13-6-4-7-14(10-13)21(3,19)20/h4,6-7,10,12H,5,8-9,11,16H2,1-3H3. The Kier molecular flexibility index (Phi) is 6.36. The van der Waals surface area contributed by atoms with E-state index in [2.05, 4.69) is 0 Å². The molecule has 1 amide bonds. The number of carbonyl (C=O) groups is 1. The molecule has 0 radical (unpaired) electrons. The van der Waals surface area contributed by atoms with Crippen LogP contribution >= 0.6 is 0 Å². The van der Waals surface area contributed by atoms with Crippen molar-refractivity contribution in [1.82, 2.24) is 4.90 Å². The van der Waals surface area contributed by atoms with E-state index in [1.165, 1.54) is 12.1 Å². The molecule has 0 heterocycles. The van der Waals surface area contributed by atoms with Crippen LogP contribution in [0.3, 0.4) is 0 Å². The lowest BCUT2D eigenvalue weighted by Gasteiger charge is -2.24. The third kappa shape index (κ3) is 5.47. The van der Waals surface area contributed by atoms with Gasteiger partial charge >= 0.3 is 0 Å². The van der Waals surface area contributed by atoms with Gasteiger partial charge in [0.2, 0.25) is 0 Å². The first-order valence-corrected chi connectivity index (χ1v) is 8.94. The predicted octanol–water partition coefficient (Wildman–Crippen LogP) is 1.54. The van der Waals surface area contributed by atoms with E-state index in [-0.39, 0.29) is 10.8 Å². The molecule has 0 atom stereocenters. The molecule has 0 spiro atoms. The summed E-state index contributed by atoms with van der Waals surface area (Å²) in [5.74, 6) is 0.187. The molecule has 1 aromatic carbocycles. The summed E-state index contributed by atoms with van der Waals surface area (Å²) < 4.78 is 23.2. The molecular weight excluding hydrogens is 288 g/mol. The van der Waals surface area contributed by atoms with Crippen LogP contribution in [0.5, 0.6) is 0 Å². The number of hydrogen-bond donors (Lipinski definition) is 1. The number of hydrogen-bond acceptors (Lipinski definition) is 4. The molecule has 1 aromatic rings. The van der Waals surface area contributed by atoms with Gasteiger partial charge in [-0.15, -0.1) is 0 Å². The highest BCUT2D eigenvalue weighted by Gasteiger charge is 2.18. The highest BCUT2D eigenvalue weighted by Crippen LogP contribution is 2.14. The maximum atomic E-state index is 12.6. The highest BCUT2D eigenvalue weighted by molar-refractivity contribution is 7.90. The summed E-state index contributed by atoms with van der Waals surface area (Å²) in [5.41, 5.74) is 5.91. The van der Waals surface area contributed by atoms with E-state index in [9.17, 15) is 13.2 Å². The summed E-state index contributed by atoms with van der Waals surface area (Å²) in [6.07, 6.45) is 1.86. The van der Waals surface area contributed by atoms with Gasteiger partial charge in [-0.1, -0.05) is 19.9 Å². The highest BCUT2D eigenvalue weighted by atomic mass is 32.2. The first-order valence-electron chi connectivity index (χ1n) is 7.05. The van der Waals surface area contributed by atoms with Crippen molar-refractivity contribution in [3.63, 3.8) is 0 Å². The average Bonchev–Trinajstić information content (AvgIpc) is 2.41. The number of carbonyl (C=O) groups excluding carboxylic acids is 1. The Bertz CT molecular complexity index is 582. The molecule has 5 nitrogen and oxygen atoms in total. The van der Waals surface area contributed by atoms with Gasteiger partial charge in [-0.2, -0.15) is 0 Å². The van der Waals surface area contributed by atoms with Crippen molar-refractivity contribution in [3.8, 4) is 0 Å². The minimum atomic E-state index is -3.32. The van der Waals surface area contributed by atoms with Gasteiger partial charge in [0.05, 0.1) is 4.90 Å². The average molecular weight is 312 g/mol. The lowest BCUT2D eigenvalue weighted by Crippen LogP contribution is -2.36. The fourth-order valence-electron chi connectivity index (χ4n) is 2.04. The molecule has 0 aliphatic carbocycles. The van der Waals surface area contributed by atoms with Crippen LogP contribution in [0.15, 0.2) is 29.2 Å². The van der Waals surface area contributed by atoms with Gasteiger partial charge in [0, 0.05) is 24.9 Å². The van der Waals surface area contributed by atoms with E-state index in [4.69, 9.17) is 5.73 Å². The van der Waals surface area contributed by atoms with E-state index >= 15 is 0 Å². The van der Waals surface area contributed by atoms with Crippen molar-refractivity contribution in [2.24, 2.45) is 11.7 Å². The minimum absolute atomic E-state index is 0.150. The summed E-state index contributed by atoms with van der Waals surface area (Å²) in [5, 5.41) is 0. The van der Waals surface area contributed by atoms with Crippen LogP contribution in [0.25, 0.3) is 0 Å². The number of nitrogens with two attached hydrogens (primary N) is 1. The predicted molar refractivity (Wildman–Crippen MR) is 84.0 cm³/mol. The van der Waals surface area contributed by atoms with Crippen LogP contribution in [-0.2, 0) is 9.84 Å². The maximum absolute atomic E-state index is 12.6. The number of amides is 1. The quantitative estimate of drug-likeness (QED) is 0.828. The Morgan fingerprint density at radius 1 is 1.33 bits per heavy atom. The van der Waals surface area contributed by atoms with Gasteiger partial charge in [0.1, 0.15) is 0 Å². The first-order chi connectivity index (χ1) is 9.75. The molecule has 118 valence electrons. The van der Waals surface area contributed by atoms with Gasteiger partial charge in [0.25, 0.3) is 5.91 Å². The lowest BCUT2D eigenvalue weighted by atomic mass is 10.1. The molecule has 21 heavy (non-hydrogen) atoms. The molecule has 0 bridgehead atoms. The smallest absolute Gasteiger partial charge is 0.253 e. The molecule has 2 N–H and O–H groups in total. The zero-order chi connectivity index (χ0) is 16.0. The Balaban J connectivity index is 3.02. The summed E-state index contributed by atoms with van der Waals surface area (Å²) >= 11 is 0. The third-order valence-corrected chi connectivity index (χ3v) is 4.12. The lowest BCUT2D eigenvalue weighted by molar-refractivity contribution is 0.0735. The van der Waals surface area contributed by atoms with Gasteiger partial charge in [-0.05, 0) is 37.1 Å². The zero-order valence-corrected chi connectivity index (χ0v) is 13.7. The third-order valence-electron chi connectivity index (χ3n) is 3.01. The Hall–Kier alpha value is -1.40. The van der Waals surface area contributed by atoms with Crippen molar-refractivity contribution in [2.75, 3.05) is 25.9 Å². The molecule has 0 fully saturated rings. The molecule has 0 aliphatic rings. The second-order valence-electron chi connectivity index (χ2n) is 5.59. The molecule has 6 heteroatoms. The Labute approximate surface area is 127 Å². The first kappa shape index (κ1) is 17.7. The summed E-state index contributed by atoms with van der Waals surface area (Å²) in [6, 6.07) is 6.18. The maximum Gasteiger partial charge on any atom is 0.253 e. The second kappa shape index (κ2) is 7.56. The number of rotatable bonds is 7. The van der Waals surface area contributed by atoms with Crippen LogP contribution in [0.2, 0.25) is 0 Å². The van der Waals surface area contributed by atoms with Crippen molar-refractivity contribution in [2.45, 2.75) is 25.2 Å². The Morgan fingerprint density at radius 2 is 2.00 bits per heavy atom. The molecule has 0 aliphatic heterocycles. The van der Waals surface area contributed by atoms with Crippen molar-refractivity contribution < 1.29 is 13.2 Å². The largest absolute Gasteiger partial charge is 0.338 e. The van der Waals surface area contributed by atoms with Crippen LogP contribution in [0, 0.1) is 5.92 Å².